The van der Waals surface area contributed by atoms with Gasteiger partial charge < -0.3 is 10.5 Å². The molecule has 0 fully saturated rings. The smallest absolute Gasteiger partial charge is 0.380 e. The van der Waals surface area contributed by atoms with Crippen molar-refractivity contribution < 1.29 is 17.9 Å². The summed E-state index contributed by atoms with van der Waals surface area (Å²) >= 11 is 0. The van der Waals surface area contributed by atoms with Crippen LogP contribution in [0.4, 0.5) is 13.2 Å². The van der Waals surface area contributed by atoms with Crippen LogP contribution >= 0.6 is 0 Å². The maximum atomic E-state index is 12.9. The molecule has 17 heavy (non-hydrogen) atoms. The van der Waals surface area contributed by atoms with Crippen molar-refractivity contribution in [3.8, 4) is 0 Å². The third-order valence-electron chi connectivity index (χ3n) is 2.74. The van der Waals surface area contributed by atoms with E-state index in [-0.39, 0.29) is 6.54 Å². The SMILES string of the molecule is CCOCCN(CC)C(C(N)CC)C(F)(F)F. The van der Waals surface area contributed by atoms with Crippen LogP contribution in [0.2, 0.25) is 0 Å². The van der Waals surface area contributed by atoms with Gasteiger partial charge in [-0.1, -0.05) is 13.8 Å². The fraction of sp³-hybridized carbons (Fsp3) is 1.00. The fourth-order valence-corrected chi connectivity index (χ4v) is 1.76. The number of hydrogen-bond donors (Lipinski definition) is 1. The Hall–Kier alpha value is -0.330. The number of halogens is 3. The Morgan fingerprint density at radius 2 is 1.82 bits per heavy atom. The molecule has 0 amide bonds. The molecule has 0 aliphatic carbocycles. The van der Waals surface area contributed by atoms with Crippen LogP contribution in [0, 0.1) is 0 Å². The van der Waals surface area contributed by atoms with Crippen molar-refractivity contribution in [3.05, 3.63) is 0 Å². The number of nitrogens with zero attached hydrogens (tertiary/aromatic N) is 1. The minimum Gasteiger partial charge on any atom is -0.380 e. The first kappa shape index (κ1) is 16.7. The lowest BCUT2D eigenvalue weighted by Gasteiger charge is -2.35. The molecule has 0 aliphatic heterocycles. The Labute approximate surface area is 101 Å². The minimum atomic E-state index is -4.29. The van der Waals surface area contributed by atoms with Gasteiger partial charge in [0.1, 0.15) is 6.04 Å². The van der Waals surface area contributed by atoms with E-state index in [1.165, 1.54) is 4.90 Å². The van der Waals surface area contributed by atoms with E-state index < -0.39 is 18.3 Å². The molecular weight excluding hydrogens is 233 g/mol. The average molecular weight is 256 g/mol. The van der Waals surface area contributed by atoms with Gasteiger partial charge in [-0.2, -0.15) is 13.2 Å². The Bertz CT molecular complexity index is 200. The third kappa shape index (κ3) is 5.70. The van der Waals surface area contributed by atoms with Gasteiger partial charge >= 0.3 is 6.18 Å². The highest BCUT2D eigenvalue weighted by Gasteiger charge is 2.45. The molecule has 0 bridgehead atoms. The Balaban J connectivity index is 4.62. The lowest BCUT2D eigenvalue weighted by molar-refractivity contribution is -0.190. The second-order valence-corrected chi connectivity index (χ2v) is 3.88. The van der Waals surface area contributed by atoms with Crippen LogP contribution in [-0.4, -0.2) is 49.5 Å². The van der Waals surface area contributed by atoms with E-state index in [4.69, 9.17) is 10.5 Å². The number of ether oxygens (including phenoxy) is 1. The molecule has 2 unspecified atom stereocenters. The first-order valence-corrected chi connectivity index (χ1v) is 6.02. The van der Waals surface area contributed by atoms with Crippen molar-refractivity contribution in [2.24, 2.45) is 5.73 Å². The molecule has 2 atom stereocenters. The first-order valence-electron chi connectivity index (χ1n) is 6.02. The topological polar surface area (TPSA) is 38.5 Å². The molecule has 0 radical (unpaired) electrons. The number of hydrogen-bond acceptors (Lipinski definition) is 3. The van der Waals surface area contributed by atoms with E-state index in [1.807, 2.05) is 6.92 Å². The van der Waals surface area contributed by atoms with E-state index in [1.54, 1.807) is 13.8 Å². The molecule has 0 aromatic heterocycles. The molecule has 2 N–H and O–H groups in total. The molecule has 0 aromatic rings. The Morgan fingerprint density at radius 3 is 2.18 bits per heavy atom. The first-order chi connectivity index (χ1) is 7.88. The summed E-state index contributed by atoms with van der Waals surface area (Å²) in [5.41, 5.74) is 5.58. The lowest BCUT2D eigenvalue weighted by Crippen LogP contribution is -2.56. The Morgan fingerprint density at radius 1 is 1.24 bits per heavy atom. The molecule has 0 aromatic carbocycles. The van der Waals surface area contributed by atoms with Gasteiger partial charge in [0.05, 0.1) is 6.61 Å². The van der Waals surface area contributed by atoms with Gasteiger partial charge in [0, 0.05) is 19.2 Å². The van der Waals surface area contributed by atoms with E-state index in [9.17, 15) is 13.2 Å². The summed E-state index contributed by atoms with van der Waals surface area (Å²) in [6.07, 6.45) is -3.99. The second-order valence-electron chi connectivity index (χ2n) is 3.88. The number of nitrogens with two attached hydrogens (primary N) is 1. The standard InChI is InChI=1S/C11H23F3N2O/c1-4-9(15)10(11(12,13)14)16(5-2)7-8-17-6-3/h9-10H,4-8,15H2,1-3H3. The summed E-state index contributed by atoms with van der Waals surface area (Å²) in [6, 6.07) is -2.48. The second kappa shape index (κ2) is 7.89. The normalized spacial score (nSPS) is 16.2. The van der Waals surface area contributed by atoms with Crippen LogP contribution in [0.3, 0.4) is 0 Å². The van der Waals surface area contributed by atoms with Gasteiger partial charge in [-0.05, 0) is 19.9 Å². The lowest BCUT2D eigenvalue weighted by atomic mass is 10.0. The van der Waals surface area contributed by atoms with Crippen LogP contribution in [0.5, 0.6) is 0 Å². The van der Waals surface area contributed by atoms with E-state index in [0.29, 0.717) is 26.2 Å². The van der Waals surface area contributed by atoms with Crippen LogP contribution in [0.25, 0.3) is 0 Å². The molecule has 0 saturated carbocycles. The molecule has 6 heteroatoms. The quantitative estimate of drug-likeness (QED) is 0.675. The monoisotopic (exact) mass is 256 g/mol. The van der Waals surface area contributed by atoms with Crippen LogP contribution < -0.4 is 5.73 Å². The fourth-order valence-electron chi connectivity index (χ4n) is 1.76. The number of likely N-dealkylation sites (N-methyl/N-ethyl adjacent to an activating group) is 1. The van der Waals surface area contributed by atoms with Gasteiger partial charge in [0.25, 0.3) is 0 Å². The average Bonchev–Trinajstić information content (AvgIpc) is 2.25. The zero-order chi connectivity index (χ0) is 13.5. The maximum Gasteiger partial charge on any atom is 0.405 e. The van der Waals surface area contributed by atoms with Crippen molar-refractivity contribution in [2.45, 2.75) is 45.5 Å². The minimum absolute atomic E-state index is 0.252. The largest absolute Gasteiger partial charge is 0.405 e. The molecule has 0 rings (SSSR count). The van der Waals surface area contributed by atoms with Crippen molar-refractivity contribution in [2.75, 3.05) is 26.3 Å². The van der Waals surface area contributed by atoms with Crippen molar-refractivity contribution in [1.82, 2.24) is 4.90 Å². The molecular formula is C11H23F3N2O. The van der Waals surface area contributed by atoms with Crippen LogP contribution in [-0.2, 0) is 4.74 Å². The summed E-state index contributed by atoms with van der Waals surface area (Å²) in [6.45, 7) is 6.55. The maximum absolute atomic E-state index is 12.9. The van der Waals surface area contributed by atoms with Crippen molar-refractivity contribution in [1.29, 1.82) is 0 Å². The van der Waals surface area contributed by atoms with Gasteiger partial charge in [0.2, 0.25) is 0 Å². The molecule has 0 saturated heterocycles. The summed E-state index contributed by atoms with van der Waals surface area (Å²) in [5, 5.41) is 0. The van der Waals surface area contributed by atoms with E-state index in [0.717, 1.165) is 0 Å². The third-order valence-corrected chi connectivity index (χ3v) is 2.74. The summed E-state index contributed by atoms with van der Waals surface area (Å²) < 4.78 is 43.9. The zero-order valence-corrected chi connectivity index (χ0v) is 10.8. The predicted molar refractivity (Wildman–Crippen MR) is 61.8 cm³/mol. The Kier molecular flexibility index (Phi) is 7.74. The van der Waals surface area contributed by atoms with Crippen LogP contribution in [0.15, 0.2) is 0 Å². The summed E-state index contributed by atoms with van der Waals surface area (Å²) in [7, 11) is 0. The zero-order valence-electron chi connectivity index (χ0n) is 10.8. The summed E-state index contributed by atoms with van der Waals surface area (Å²) in [4.78, 5) is 1.34. The van der Waals surface area contributed by atoms with E-state index >= 15 is 0 Å². The van der Waals surface area contributed by atoms with E-state index in [2.05, 4.69) is 0 Å². The van der Waals surface area contributed by atoms with Crippen molar-refractivity contribution in [3.63, 3.8) is 0 Å². The highest BCUT2D eigenvalue weighted by molar-refractivity contribution is 4.87. The highest BCUT2D eigenvalue weighted by atomic mass is 19.4. The van der Waals surface area contributed by atoms with Gasteiger partial charge in [-0.3, -0.25) is 4.90 Å². The predicted octanol–water partition coefficient (Wildman–Crippen LogP) is 2.01. The molecule has 3 nitrogen and oxygen atoms in total. The highest BCUT2D eigenvalue weighted by Crippen LogP contribution is 2.27. The van der Waals surface area contributed by atoms with Gasteiger partial charge in [-0.25, -0.2) is 0 Å². The summed E-state index contributed by atoms with van der Waals surface area (Å²) in [5.74, 6) is 0. The molecule has 0 aliphatic rings. The van der Waals surface area contributed by atoms with Gasteiger partial charge in [-0.15, -0.1) is 0 Å². The number of alkyl halides is 3. The number of rotatable bonds is 8. The van der Waals surface area contributed by atoms with Crippen LogP contribution in [0.1, 0.15) is 27.2 Å². The molecule has 0 heterocycles. The molecule has 0 spiro atoms. The molecule has 104 valence electrons. The van der Waals surface area contributed by atoms with Gasteiger partial charge in [0.15, 0.2) is 0 Å². The van der Waals surface area contributed by atoms with Crippen molar-refractivity contribution >= 4 is 0 Å².